The van der Waals surface area contributed by atoms with Gasteiger partial charge < -0.3 is 34.1 Å². The van der Waals surface area contributed by atoms with Crippen molar-refractivity contribution in [3.8, 4) is 5.88 Å². The van der Waals surface area contributed by atoms with Crippen LogP contribution >= 0.6 is 31.9 Å². The van der Waals surface area contributed by atoms with E-state index in [9.17, 15) is 4.79 Å². The number of hydrogen-bond acceptors (Lipinski definition) is 8. The van der Waals surface area contributed by atoms with Crippen LogP contribution in [0.15, 0.2) is 35.9 Å². The summed E-state index contributed by atoms with van der Waals surface area (Å²) in [4.78, 5) is 31.1. The first kappa shape index (κ1) is 42.7. The Morgan fingerprint density at radius 1 is 0.911 bits per heavy atom. The van der Waals surface area contributed by atoms with E-state index in [2.05, 4.69) is 65.7 Å². The molecule has 0 saturated heterocycles. The minimum atomic E-state index is -0.318. The molecule has 0 fully saturated rings. The van der Waals surface area contributed by atoms with Gasteiger partial charge in [0.05, 0.1) is 58.0 Å². The Bertz CT molecular complexity index is 1210. The van der Waals surface area contributed by atoms with Gasteiger partial charge in [0.25, 0.3) is 5.56 Å². The number of halogens is 2. The summed E-state index contributed by atoms with van der Waals surface area (Å²) in [6.45, 7) is 20.0. The smallest absolute Gasteiger partial charge is 0.262 e. The SMILES string of the molecule is CCCOCC(C)O.CCCOCC(C)Oc1nc(C)c(N=CN(C)CC)cc1Br.CCN(C)C=Nc1cc(Br)c(=O)[nH]c1C. The maximum absolute atomic E-state index is 11.2. The second-order valence-corrected chi connectivity index (χ2v) is 12.1. The predicted molar refractivity (Wildman–Crippen MR) is 193 cm³/mol. The molecule has 2 N–H and O–H groups in total. The van der Waals surface area contributed by atoms with Crippen LogP contribution in [-0.4, -0.2) is 103 Å². The molecule has 45 heavy (non-hydrogen) atoms. The van der Waals surface area contributed by atoms with Crippen LogP contribution in [0.25, 0.3) is 0 Å². The molecule has 256 valence electrons. The highest BCUT2D eigenvalue weighted by molar-refractivity contribution is 9.10. The monoisotopic (exact) mass is 760 g/mol. The number of hydrogen-bond donors (Lipinski definition) is 2. The molecule has 2 unspecified atom stereocenters. The third-order valence-electron chi connectivity index (χ3n) is 5.78. The molecule has 0 aliphatic rings. The van der Waals surface area contributed by atoms with Gasteiger partial charge in [0.2, 0.25) is 5.88 Å². The number of aliphatic imine (C=N–C) groups is 2. The number of aryl methyl sites for hydroxylation is 2. The van der Waals surface area contributed by atoms with Gasteiger partial charge in [0.15, 0.2) is 0 Å². The highest BCUT2D eigenvalue weighted by atomic mass is 79.9. The van der Waals surface area contributed by atoms with Crippen molar-refractivity contribution < 1.29 is 19.3 Å². The van der Waals surface area contributed by atoms with Gasteiger partial charge in [0, 0.05) is 46.1 Å². The fourth-order valence-corrected chi connectivity index (χ4v) is 3.70. The minimum absolute atomic E-state index is 0.0460. The third-order valence-corrected chi connectivity index (χ3v) is 6.94. The molecule has 0 spiro atoms. The average molecular weight is 763 g/mol. The van der Waals surface area contributed by atoms with Crippen molar-refractivity contribution in [3.05, 3.63) is 42.8 Å². The summed E-state index contributed by atoms with van der Waals surface area (Å²) < 4.78 is 17.6. The van der Waals surface area contributed by atoms with E-state index in [-0.39, 0.29) is 17.8 Å². The Morgan fingerprint density at radius 3 is 1.93 bits per heavy atom. The van der Waals surface area contributed by atoms with Crippen LogP contribution in [0.5, 0.6) is 5.88 Å². The van der Waals surface area contributed by atoms with Crippen LogP contribution in [0.2, 0.25) is 0 Å². The molecule has 0 aromatic carbocycles. The van der Waals surface area contributed by atoms with Crippen molar-refractivity contribution >= 4 is 55.9 Å². The summed E-state index contributed by atoms with van der Waals surface area (Å²) in [5.41, 5.74) is 3.07. The molecule has 2 aromatic heterocycles. The fraction of sp³-hybridized carbons (Fsp3) is 0.625. The highest BCUT2D eigenvalue weighted by Gasteiger charge is 2.12. The van der Waals surface area contributed by atoms with Gasteiger partial charge in [-0.25, -0.2) is 15.0 Å². The number of rotatable bonds is 16. The van der Waals surface area contributed by atoms with Crippen molar-refractivity contribution in [1.29, 1.82) is 0 Å². The molecule has 2 atom stereocenters. The van der Waals surface area contributed by atoms with Gasteiger partial charge >= 0.3 is 0 Å². The van der Waals surface area contributed by atoms with Crippen LogP contribution in [0.3, 0.4) is 0 Å². The lowest BCUT2D eigenvalue weighted by Crippen LogP contribution is -2.20. The fourth-order valence-electron chi connectivity index (χ4n) is 2.99. The van der Waals surface area contributed by atoms with Crippen molar-refractivity contribution in [2.24, 2.45) is 9.98 Å². The Balaban J connectivity index is 0.000000724. The lowest BCUT2D eigenvalue weighted by Gasteiger charge is -2.16. The Labute approximate surface area is 286 Å². The number of aliphatic hydroxyl groups is 1. The van der Waals surface area contributed by atoms with Crippen molar-refractivity contribution in [1.82, 2.24) is 19.8 Å². The maximum atomic E-state index is 11.2. The number of aromatic nitrogens is 2. The van der Waals surface area contributed by atoms with Gasteiger partial charge in [-0.05, 0) is 98.4 Å². The van der Waals surface area contributed by atoms with Crippen molar-refractivity contribution in [2.75, 3.05) is 53.6 Å². The zero-order valence-electron chi connectivity index (χ0n) is 28.7. The topological polar surface area (TPSA) is 125 Å². The normalized spacial score (nSPS) is 12.3. The van der Waals surface area contributed by atoms with Crippen molar-refractivity contribution in [2.45, 2.75) is 80.4 Å². The van der Waals surface area contributed by atoms with Crippen LogP contribution in [0.4, 0.5) is 11.4 Å². The summed E-state index contributed by atoms with van der Waals surface area (Å²) in [6, 6.07) is 3.64. The molecular formula is C32H54Br2N6O5. The second-order valence-electron chi connectivity index (χ2n) is 10.4. The van der Waals surface area contributed by atoms with E-state index < -0.39 is 0 Å². The number of H-pyrrole nitrogens is 1. The predicted octanol–water partition coefficient (Wildman–Crippen LogP) is 6.81. The number of ether oxygens (including phenoxy) is 3. The van der Waals surface area contributed by atoms with E-state index >= 15 is 0 Å². The largest absolute Gasteiger partial charge is 0.471 e. The van der Waals surface area contributed by atoms with E-state index in [0.717, 1.165) is 66.4 Å². The molecule has 11 nitrogen and oxygen atoms in total. The molecule has 0 amide bonds. The second kappa shape index (κ2) is 24.9. The van der Waals surface area contributed by atoms with Crippen LogP contribution < -0.4 is 10.3 Å². The first-order valence-electron chi connectivity index (χ1n) is 15.3. The van der Waals surface area contributed by atoms with Gasteiger partial charge in [-0.2, -0.15) is 0 Å². The quantitative estimate of drug-likeness (QED) is 0.109. The average Bonchev–Trinajstić information content (AvgIpc) is 2.99. The number of nitrogens with zero attached hydrogens (tertiary/aromatic N) is 5. The van der Waals surface area contributed by atoms with Crippen LogP contribution in [-0.2, 0) is 9.47 Å². The molecule has 0 saturated carbocycles. The van der Waals surface area contributed by atoms with Gasteiger partial charge in [-0.3, -0.25) is 4.79 Å². The van der Waals surface area contributed by atoms with E-state index in [4.69, 9.17) is 19.3 Å². The summed E-state index contributed by atoms with van der Waals surface area (Å²) in [5.74, 6) is 0.577. The number of pyridine rings is 2. The number of aliphatic hydroxyl groups excluding tert-OH is 1. The lowest BCUT2D eigenvalue weighted by atomic mass is 10.3. The molecule has 2 aromatic rings. The Kier molecular flexibility index (Phi) is 23.6. The number of nitrogens with one attached hydrogen (secondary N) is 1. The first-order chi connectivity index (χ1) is 21.3. The summed E-state index contributed by atoms with van der Waals surface area (Å²) in [7, 11) is 3.93. The highest BCUT2D eigenvalue weighted by Crippen LogP contribution is 2.30. The van der Waals surface area contributed by atoms with Gasteiger partial charge in [0.1, 0.15) is 6.10 Å². The summed E-state index contributed by atoms with van der Waals surface area (Å²) in [5, 5.41) is 8.65. The molecule has 2 heterocycles. The van der Waals surface area contributed by atoms with Crippen molar-refractivity contribution in [3.63, 3.8) is 0 Å². The molecule has 0 bridgehead atoms. The zero-order valence-corrected chi connectivity index (χ0v) is 31.9. The van der Waals surface area contributed by atoms with Crippen LogP contribution in [0.1, 0.15) is 65.8 Å². The molecule has 13 heteroatoms. The van der Waals surface area contributed by atoms with E-state index in [1.54, 1.807) is 25.7 Å². The Morgan fingerprint density at radius 2 is 1.42 bits per heavy atom. The van der Waals surface area contributed by atoms with E-state index in [1.165, 1.54) is 0 Å². The molecule has 0 aliphatic carbocycles. The third kappa shape index (κ3) is 19.7. The zero-order chi connectivity index (χ0) is 34.4. The Hall–Kier alpha value is -2.32. The number of aromatic amines is 1. The molecule has 0 aliphatic heterocycles. The standard InChI is InChI=1S/C16H26BrN3O2.C10H14BrN3O.C6H14O2/c1-6-8-21-10-12(3)22-16-14(17)9-15(13(4)19-16)18-11-20(5)7-2;1-4-14(3)6-12-9-5-8(11)10(15)13-7(9)2;1-3-4-8-5-6(2)7/h9,11-12H,6-8,10H2,1-5H3;5-6H,4H2,1-3H3,(H,13,15);6-7H,3-5H2,1-2H3. The molecule has 2 rings (SSSR count). The molecule has 0 radical (unpaired) electrons. The maximum Gasteiger partial charge on any atom is 0.262 e. The summed E-state index contributed by atoms with van der Waals surface area (Å²) in [6.07, 6.45) is 5.21. The summed E-state index contributed by atoms with van der Waals surface area (Å²) >= 11 is 6.67. The van der Waals surface area contributed by atoms with Gasteiger partial charge in [-0.15, -0.1) is 0 Å². The molecular weight excluding hydrogens is 708 g/mol. The van der Waals surface area contributed by atoms with Crippen LogP contribution in [0, 0.1) is 13.8 Å². The lowest BCUT2D eigenvalue weighted by molar-refractivity contribution is 0.0466. The minimum Gasteiger partial charge on any atom is -0.471 e. The first-order valence-corrected chi connectivity index (χ1v) is 16.9. The van der Waals surface area contributed by atoms with E-state index in [1.807, 2.05) is 64.6 Å². The van der Waals surface area contributed by atoms with Gasteiger partial charge in [-0.1, -0.05) is 13.8 Å². The van der Waals surface area contributed by atoms with E-state index in [0.29, 0.717) is 23.6 Å².